The van der Waals surface area contributed by atoms with Crippen LogP contribution in [0.3, 0.4) is 0 Å². The standard InChI is InChI=1S/C16H15ClF3N3O2/c1-9(2)23(7-14(19)20)16(24)11-5-10(18)3-4-12(11)25-13-6-21-8-22-15(13)17/h3-6,8-9,14H,7H2,1-2H3. The SMILES string of the molecule is CC(C)N(CC(F)F)C(=O)c1cc(F)ccc1Oc1cncnc1Cl. The van der Waals surface area contributed by atoms with Crippen LogP contribution in [0.4, 0.5) is 13.2 Å². The van der Waals surface area contributed by atoms with Crippen molar-refractivity contribution in [1.29, 1.82) is 0 Å². The van der Waals surface area contributed by atoms with Crippen LogP contribution in [0.2, 0.25) is 5.15 Å². The number of halogens is 4. The van der Waals surface area contributed by atoms with Gasteiger partial charge in [0.05, 0.1) is 18.3 Å². The van der Waals surface area contributed by atoms with Gasteiger partial charge < -0.3 is 9.64 Å². The lowest BCUT2D eigenvalue weighted by Crippen LogP contribution is -2.40. The number of hydrogen-bond acceptors (Lipinski definition) is 4. The lowest BCUT2D eigenvalue weighted by Gasteiger charge is -2.27. The van der Waals surface area contributed by atoms with Gasteiger partial charge in [0.15, 0.2) is 10.9 Å². The van der Waals surface area contributed by atoms with Crippen LogP contribution >= 0.6 is 11.6 Å². The third-order valence-corrected chi connectivity index (χ3v) is 3.53. The molecule has 2 aromatic rings. The molecular weight excluding hydrogens is 359 g/mol. The minimum atomic E-state index is -2.72. The second-order valence-electron chi connectivity index (χ2n) is 5.36. The molecule has 0 radical (unpaired) electrons. The molecule has 2 rings (SSSR count). The molecular formula is C16H15ClF3N3O2. The zero-order valence-electron chi connectivity index (χ0n) is 13.4. The van der Waals surface area contributed by atoms with E-state index in [-0.39, 0.29) is 22.2 Å². The van der Waals surface area contributed by atoms with Gasteiger partial charge in [-0.05, 0) is 32.0 Å². The average Bonchev–Trinajstić information content (AvgIpc) is 2.55. The van der Waals surface area contributed by atoms with E-state index in [1.54, 1.807) is 13.8 Å². The maximum Gasteiger partial charge on any atom is 0.258 e. The zero-order chi connectivity index (χ0) is 18.6. The van der Waals surface area contributed by atoms with Gasteiger partial charge in [0.1, 0.15) is 17.9 Å². The third-order valence-electron chi connectivity index (χ3n) is 3.24. The fraction of sp³-hybridized carbons (Fsp3) is 0.312. The van der Waals surface area contributed by atoms with Gasteiger partial charge in [-0.1, -0.05) is 11.6 Å². The largest absolute Gasteiger partial charge is 0.452 e. The van der Waals surface area contributed by atoms with E-state index in [1.165, 1.54) is 18.6 Å². The third kappa shape index (κ3) is 4.82. The second kappa shape index (κ2) is 8.15. The van der Waals surface area contributed by atoms with Crippen LogP contribution in [0.15, 0.2) is 30.7 Å². The number of hydrogen-bond donors (Lipinski definition) is 0. The molecule has 0 bridgehead atoms. The number of alkyl halides is 2. The van der Waals surface area contributed by atoms with Crippen molar-refractivity contribution in [3.8, 4) is 11.5 Å². The van der Waals surface area contributed by atoms with Gasteiger partial charge in [0.25, 0.3) is 12.3 Å². The van der Waals surface area contributed by atoms with E-state index in [4.69, 9.17) is 16.3 Å². The number of rotatable bonds is 6. The molecule has 9 heteroatoms. The van der Waals surface area contributed by atoms with E-state index in [9.17, 15) is 18.0 Å². The molecule has 0 aliphatic carbocycles. The molecule has 0 saturated carbocycles. The minimum Gasteiger partial charge on any atom is -0.452 e. The number of nitrogens with zero attached hydrogens (tertiary/aromatic N) is 3. The Morgan fingerprint density at radius 1 is 1.32 bits per heavy atom. The number of ether oxygens (including phenoxy) is 1. The van der Waals surface area contributed by atoms with Gasteiger partial charge in [-0.15, -0.1) is 0 Å². The highest BCUT2D eigenvalue weighted by Crippen LogP contribution is 2.30. The van der Waals surface area contributed by atoms with E-state index in [2.05, 4.69) is 9.97 Å². The molecule has 0 aliphatic rings. The first-order chi connectivity index (χ1) is 11.8. The Labute approximate surface area is 147 Å². The van der Waals surface area contributed by atoms with Crippen LogP contribution in [0.25, 0.3) is 0 Å². The fourth-order valence-corrected chi connectivity index (χ4v) is 2.21. The molecule has 0 atom stereocenters. The van der Waals surface area contributed by atoms with Gasteiger partial charge in [-0.2, -0.15) is 0 Å². The van der Waals surface area contributed by atoms with Crippen molar-refractivity contribution in [2.24, 2.45) is 0 Å². The van der Waals surface area contributed by atoms with Gasteiger partial charge in [-0.3, -0.25) is 4.79 Å². The van der Waals surface area contributed by atoms with Gasteiger partial charge in [-0.25, -0.2) is 23.1 Å². The van der Waals surface area contributed by atoms with Crippen molar-refractivity contribution < 1.29 is 22.7 Å². The summed E-state index contributed by atoms with van der Waals surface area (Å²) < 4.78 is 44.7. The van der Waals surface area contributed by atoms with E-state index in [0.29, 0.717) is 0 Å². The summed E-state index contributed by atoms with van der Waals surface area (Å²) >= 11 is 5.87. The topological polar surface area (TPSA) is 55.3 Å². The van der Waals surface area contributed by atoms with Crippen molar-refractivity contribution in [3.63, 3.8) is 0 Å². The first-order valence-electron chi connectivity index (χ1n) is 7.31. The molecule has 0 fully saturated rings. The number of carbonyl (C=O) groups excluding carboxylic acids is 1. The smallest absolute Gasteiger partial charge is 0.258 e. The lowest BCUT2D eigenvalue weighted by molar-refractivity contribution is 0.0473. The molecule has 1 heterocycles. The number of benzene rings is 1. The Balaban J connectivity index is 2.41. The van der Waals surface area contributed by atoms with Crippen molar-refractivity contribution in [1.82, 2.24) is 14.9 Å². The summed E-state index contributed by atoms with van der Waals surface area (Å²) in [5.41, 5.74) is -0.200. The summed E-state index contributed by atoms with van der Waals surface area (Å²) in [7, 11) is 0. The predicted octanol–water partition coefficient (Wildman–Crippen LogP) is 4.18. The van der Waals surface area contributed by atoms with Crippen molar-refractivity contribution >= 4 is 17.5 Å². The Morgan fingerprint density at radius 2 is 2.04 bits per heavy atom. The second-order valence-corrected chi connectivity index (χ2v) is 5.72. The normalized spacial score (nSPS) is 11.0. The zero-order valence-corrected chi connectivity index (χ0v) is 14.2. The van der Waals surface area contributed by atoms with Crippen LogP contribution in [-0.4, -0.2) is 39.8 Å². The molecule has 1 aromatic heterocycles. The summed E-state index contributed by atoms with van der Waals surface area (Å²) in [6, 6.07) is 2.71. The Morgan fingerprint density at radius 3 is 2.64 bits per heavy atom. The molecule has 0 N–H and O–H groups in total. The highest BCUT2D eigenvalue weighted by Gasteiger charge is 2.26. The maximum absolute atomic E-state index is 13.6. The Hall–Kier alpha value is -2.35. The van der Waals surface area contributed by atoms with Crippen molar-refractivity contribution in [3.05, 3.63) is 47.3 Å². The first-order valence-corrected chi connectivity index (χ1v) is 7.69. The summed E-state index contributed by atoms with van der Waals surface area (Å²) in [5.74, 6) is -1.47. The molecule has 0 aliphatic heterocycles. The molecule has 1 amide bonds. The fourth-order valence-electron chi connectivity index (χ4n) is 2.08. The van der Waals surface area contributed by atoms with Crippen molar-refractivity contribution in [2.45, 2.75) is 26.3 Å². The lowest BCUT2D eigenvalue weighted by atomic mass is 10.1. The molecule has 0 unspecified atom stereocenters. The number of aromatic nitrogens is 2. The Bertz CT molecular complexity index is 759. The van der Waals surface area contributed by atoms with Crippen molar-refractivity contribution in [2.75, 3.05) is 6.54 Å². The van der Waals surface area contributed by atoms with E-state index >= 15 is 0 Å². The summed E-state index contributed by atoms with van der Waals surface area (Å²) in [6.45, 7) is 2.39. The maximum atomic E-state index is 13.6. The van der Waals surface area contributed by atoms with Gasteiger partial charge in [0.2, 0.25) is 0 Å². The monoisotopic (exact) mass is 373 g/mol. The van der Waals surface area contributed by atoms with Crippen LogP contribution in [0, 0.1) is 5.82 Å². The average molecular weight is 374 g/mol. The summed E-state index contributed by atoms with van der Waals surface area (Å²) in [4.78, 5) is 21.1. The van der Waals surface area contributed by atoms with E-state index < -0.39 is 30.7 Å². The highest BCUT2D eigenvalue weighted by atomic mass is 35.5. The summed E-state index contributed by atoms with van der Waals surface area (Å²) in [6.07, 6.45) is -0.247. The molecule has 134 valence electrons. The van der Waals surface area contributed by atoms with Gasteiger partial charge in [0, 0.05) is 6.04 Å². The van der Waals surface area contributed by atoms with Crippen LogP contribution < -0.4 is 4.74 Å². The van der Waals surface area contributed by atoms with Crippen LogP contribution in [0.5, 0.6) is 11.5 Å². The van der Waals surface area contributed by atoms with E-state index in [1.807, 2.05) is 0 Å². The first kappa shape index (κ1) is 19.0. The minimum absolute atomic E-state index is 0.00831. The molecule has 5 nitrogen and oxygen atoms in total. The van der Waals surface area contributed by atoms with Crippen LogP contribution in [-0.2, 0) is 0 Å². The van der Waals surface area contributed by atoms with E-state index in [0.717, 1.165) is 17.0 Å². The number of amides is 1. The number of carbonyl (C=O) groups is 1. The van der Waals surface area contributed by atoms with Crippen LogP contribution in [0.1, 0.15) is 24.2 Å². The molecule has 0 spiro atoms. The Kier molecular flexibility index (Phi) is 6.19. The molecule has 0 saturated heterocycles. The quantitative estimate of drug-likeness (QED) is 0.713. The molecule has 1 aromatic carbocycles. The molecule has 25 heavy (non-hydrogen) atoms. The highest BCUT2D eigenvalue weighted by molar-refractivity contribution is 6.30. The van der Waals surface area contributed by atoms with Gasteiger partial charge >= 0.3 is 0 Å². The predicted molar refractivity (Wildman–Crippen MR) is 85.7 cm³/mol. The summed E-state index contributed by atoms with van der Waals surface area (Å²) in [5, 5.41) is -0.00831.